The van der Waals surface area contributed by atoms with Crippen LogP contribution in [0.25, 0.3) is 0 Å². The minimum Gasteiger partial charge on any atom is -0.354 e. The van der Waals surface area contributed by atoms with Crippen LogP contribution in [0.15, 0.2) is 82.6 Å². The lowest BCUT2D eigenvalue weighted by molar-refractivity contribution is -0.139. The largest absolute Gasteiger partial charge is 0.354 e. The van der Waals surface area contributed by atoms with Crippen LogP contribution in [0.1, 0.15) is 31.4 Å². The van der Waals surface area contributed by atoms with Gasteiger partial charge in [-0.3, -0.25) is 13.9 Å². The second kappa shape index (κ2) is 13.9. The van der Waals surface area contributed by atoms with Crippen molar-refractivity contribution in [1.29, 1.82) is 0 Å². The molecule has 0 unspecified atom stereocenters. The molecule has 0 aliphatic carbocycles. The SMILES string of the molecule is CCCNC(=O)[C@@H](C)N(Cc1ccc(Cl)cc1)C(=O)CN(c1ccc(C)cc1)S(=O)(=O)c1ccc(SC)cc1. The standard InChI is InChI=1S/C29H34ClN3O4S2/c1-5-18-31-29(35)22(3)32(19-23-8-10-24(30)11-9-23)28(34)20-33(25-12-6-21(2)7-13-25)39(36,37)27-16-14-26(38-4)15-17-27/h6-17,22H,5,18-20H2,1-4H3,(H,31,35)/t22-/m1/s1. The van der Waals surface area contributed by atoms with Crippen LogP contribution in [0.2, 0.25) is 5.02 Å². The molecule has 0 saturated carbocycles. The summed E-state index contributed by atoms with van der Waals surface area (Å²) in [6.07, 6.45) is 2.66. The second-order valence-corrected chi connectivity index (χ2v) is 12.3. The Morgan fingerprint density at radius 2 is 1.59 bits per heavy atom. The number of rotatable bonds is 12. The molecule has 7 nitrogen and oxygen atoms in total. The van der Waals surface area contributed by atoms with Crippen LogP contribution < -0.4 is 9.62 Å². The number of thioether (sulfide) groups is 1. The molecule has 3 aromatic rings. The number of amides is 2. The summed E-state index contributed by atoms with van der Waals surface area (Å²) in [7, 11) is -4.10. The zero-order valence-electron chi connectivity index (χ0n) is 22.6. The van der Waals surface area contributed by atoms with E-state index in [1.165, 1.54) is 16.7 Å². The van der Waals surface area contributed by atoms with Crippen molar-refractivity contribution in [3.8, 4) is 0 Å². The maximum Gasteiger partial charge on any atom is 0.264 e. The van der Waals surface area contributed by atoms with E-state index in [2.05, 4.69) is 5.32 Å². The van der Waals surface area contributed by atoms with E-state index in [0.717, 1.165) is 26.7 Å². The lowest BCUT2D eigenvalue weighted by atomic mass is 10.1. The quantitative estimate of drug-likeness (QED) is 0.282. The molecule has 0 aromatic heterocycles. The van der Waals surface area contributed by atoms with Gasteiger partial charge < -0.3 is 10.2 Å². The molecule has 0 radical (unpaired) electrons. The van der Waals surface area contributed by atoms with Gasteiger partial charge in [-0.2, -0.15) is 0 Å². The van der Waals surface area contributed by atoms with Crippen LogP contribution in [0, 0.1) is 6.92 Å². The lowest BCUT2D eigenvalue weighted by Gasteiger charge is -2.32. The van der Waals surface area contributed by atoms with E-state index in [9.17, 15) is 18.0 Å². The van der Waals surface area contributed by atoms with E-state index >= 15 is 0 Å². The summed E-state index contributed by atoms with van der Waals surface area (Å²) >= 11 is 7.54. The fraction of sp³-hybridized carbons (Fsp3) is 0.310. The molecule has 0 aliphatic heterocycles. The molecule has 0 saturated heterocycles. The van der Waals surface area contributed by atoms with Crippen LogP contribution in [0.4, 0.5) is 5.69 Å². The number of benzene rings is 3. The Labute approximate surface area is 240 Å². The van der Waals surface area contributed by atoms with Gasteiger partial charge in [0, 0.05) is 23.0 Å². The molecule has 208 valence electrons. The van der Waals surface area contributed by atoms with E-state index in [-0.39, 0.29) is 17.3 Å². The third-order valence-corrected chi connectivity index (χ3v) is 9.01. The minimum absolute atomic E-state index is 0.0756. The molecule has 1 atom stereocenters. The van der Waals surface area contributed by atoms with Crippen LogP contribution in [0.3, 0.4) is 0 Å². The van der Waals surface area contributed by atoms with Crippen molar-refractivity contribution in [2.75, 3.05) is 23.7 Å². The number of hydrogen-bond donors (Lipinski definition) is 1. The molecule has 0 aliphatic rings. The van der Waals surface area contributed by atoms with Gasteiger partial charge in [0.15, 0.2) is 0 Å². The Balaban J connectivity index is 2.00. The number of nitrogens with zero attached hydrogens (tertiary/aromatic N) is 2. The lowest BCUT2D eigenvalue weighted by Crippen LogP contribution is -2.51. The predicted molar refractivity (Wildman–Crippen MR) is 159 cm³/mol. The highest BCUT2D eigenvalue weighted by Crippen LogP contribution is 2.26. The van der Waals surface area contributed by atoms with E-state index in [1.807, 2.05) is 20.1 Å². The van der Waals surface area contributed by atoms with Crippen LogP contribution >= 0.6 is 23.4 Å². The predicted octanol–water partition coefficient (Wildman–Crippen LogP) is 5.51. The smallest absolute Gasteiger partial charge is 0.264 e. The van der Waals surface area contributed by atoms with E-state index in [4.69, 9.17) is 11.6 Å². The number of carbonyl (C=O) groups is 2. The highest BCUT2D eigenvalue weighted by Gasteiger charge is 2.32. The summed E-state index contributed by atoms with van der Waals surface area (Å²) in [4.78, 5) is 29.2. The van der Waals surface area contributed by atoms with E-state index in [0.29, 0.717) is 17.3 Å². The first-order valence-corrected chi connectivity index (χ1v) is 15.7. The fourth-order valence-corrected chi connectivity index (χ4v) is 5.83. The van der Waals surface area contributed by atoms with Crippen molar-refractivity contribution in [3.63, 3.8) is 0 Å². The molecule has 0 spiro atoms. The maximum atomic E-state index is 13.9. The van der Waals surface area contributed by atoms with Crippen molar-refractivity contribution >= 4 is 50.9 Å². The monoisotopic (exact) mass is 587 g/mol. The zero-order valence-corrected chi connectivity index (χ0v) is 24.9. The first kappa shape index (κ1) is 30.5. The highest BCUT2D eigenvalue weighted by atomic mass is 35.5. The van der Waals surface area contributed by atoms with Crippen molar-refractivity contribution in [2.24, 2.45) is 0 Å². The summed E-state index contributed by atoms with van der Waals surface area (Å²) in [5.41, 5.74) is 2.08. The molecule has 0 fully saturated rings. The van der Waals surface area contributed by atoms with Crippen molar-refractivity contribution in [1.82, 2.24) is 10.2 Å². The number of sulfonamides is 1. The van der Waals surface area contributed by atoms with Crippen LogP contribution in [-0.2, 0) is 26.2 Å². The van der Waals surface area contributed by atoms with Gasteiger partial charge in [-0.05, 0) is 80.6 Å². The zero-order chi connectivity index (χ0) is 28.6. The average Bonchev–Trinajstić information content (AvgIpc) is 2.94. The second-order valence-electron chi connectivity index (χ2n) is 9.14. The molecule has 3 aromatic carbocycles. The Morgan fingerprint density at radius 1 is 0.974 bits per heavy atom. The van der Waals surface area contributed by atoms with Gasteiger partial charge >= 0.3 is 0 Å². The van der Waals surface area contributed by atoms with E-state index < -0.39 is 28.5 Å². The molecule has 0 heterocycles. The molecule has 2 amide bonds. The van der Waals surface area contributed by atoms with Gasteiger partial charge in [0.2, 0.25) is 11.8 Å². The molecular formula is C29H34ClN3O4S2. The Morgan fingerprint density at radius 3 is 2.15 bits per heavy atom. The maximum absolute atomic E-state index is 13.9. The summed E-state index contributed by atoms with van der Waals surface area (Å²) in [6.45, 7) is 5.60. The Bertz CT molecular complexity index is 1360. The van der Waals surface area contributed by atoms with Crippen LogP contribution in [-0.4, -0.2) is 50.5 Å². The van der Waals surface area contributed by atoms with Gasteiger partial charge in [0.1, 0.15) is 12.6 Å². The number of hydrogen-bond acceptors (Lipinski definition) is 5. The first-order valence-electron chi connectivity index (χ1n) is 12.6. The number of carbonyl (C=O) groups excluding carboxylic acids is 2. The fourth-order valence-electron chi connectivity index (χ4n) is 3.88. The Kier molecular flexibility index (Phi) is 10.9. The average molecular weight is 588 g/mol. The third kappa shape index (κ3) is 8.00. The highest BCUT2D eigenvalue weighted by molar-refractivity contribution is 7.98. The molecule has 10 heteroatoms. The van der Waals surface area contributed by atoms with Crippen molar-refractivity contribution < 1.29 is 18.0 Å². The number of halogens is 1. The van der Waals surface area contributed by atoms with Gasteiger partial charge in [-0.15, -0.1) is 11.8 Å². The van der Waals surface area contributed by atoms with Gasteiger partial charge in [0.25, 0.3) is 10.0 Å². The topological polar surface area (TPSA) is 86.8 Å². The van der Waals surface area contributed by atoms with Crippen molar-refractivity contribution in [3.05, 3.63) is 88.9 Å². The van der Waals surface area contributed by atoms with Gasteiger partial charge in [-0.1, -0.05) is 48.4 Å². The van der Waals surface area contributed by atoms with Crippen LogP contribution in [0.5, 0.6) is 0 Å². The summed E-state index contributed by atoms with van der Waals surface area (Å²) in [5, 5.41) is 3.38. The minimum atomic E-state index is -4.10. The number of anilines is 1. The number of nitrogens with one attached hydrogen (secondary N) is 1. The number of aryl methyl sites for hydroxylation is 1. The molecule has 39 heavy (non-hydrogen) atoms. The normalized spacial score (nSPS) is 12.0. The van der Waals surface area contributed by atoms with Gasteiger partial charge in [0.05, 0.1) is 10.6 Å². The van der Waals surface area contributed by atoms with Gasteiger partial charge in [-0.25, -0.2) is 8.42 Å². The first-order chi connectivity index (χ1) is 18.6. The molecule has 1 N–H and O–H groups in total. The summed E-state index contributed by atoms with van der Waals surface area (Å²) in [6, 6.07) is 19.7. The third-order valence-electron chi connectivity index (χ3n) is 6.23. The molecular weight excluding hydrogens is 554 g/mol. The Hall–Kier alpha value is -3.01. The van der Waals surface area contributed by atoms with E-state index in [1.54, 1.807) is 79.7 Å². The molecule has 0 bridgehead atoms. The summed E-state index contributed by atoms with van der Waals surface area (Å²) < 4.78 is 28.8. The van der Waals surface area contributed by atoms with Crippen molar-refractivity contribution in [2.45, 2.75) is 49.6 Å². The molecule has 3 rings (SSSR count). The summed E-state index contributed by atoms with van der Waals surface area (Å²) in [5.74, 6) is -0.814.